The molecular weight excluding hydrogens is 466 g/mol. The fourth-order valence-corrected chi connectivity index (χ4v) is 4.78. The Balaban J connectivity index is 1.32. The van der Waals surface area contributed by atoms with Crippen molar-refractivity contribution >= 4 is 6.09 Å². The summed E-state index contributed by atoms with van der Waals surface area (Å²) in [6.45, 7) is 4.32. The summed E-state index contributed by atoms with van der Waals surface area (Å²) in [7, 11) is 0. The van der Waals surface area contributed by atoms with Gasteiger partial charge < -0.3 is 14.1 Å². The van der Waals surface area contributed by atoms with Gasteiger partial charge in [0, 0.05) is 44.5 Å². The Bertz CT molecular complexity index is 1410. The second-order valence-corrected chi connectivity index (χ2v) is 9.23. The van der Waals surface area contributed by atoms with Crippen LogP contribution < -0.4 is 0 Å². The molecule has 1 aliphatic heterocycles. The number of hydrogen-bond donors (Lipinski definition) is 0. The van der Waals surface area contributed by atoms with Gasteiger partial charge in [-0.1, -0.05) is 54.6 Å². The lowest BCUT2D eigenvalue weighted by molar-refractivity contribution is -0.0660. The van der Waals surface area contributed by atoms with Gasteiger partial charge in [0.05, 0.1) is 17.3 Å². The van der Waals surface area contributed by atoms with Crippen molar-refractivity contribution in [2.75, 3.05) is 6.54 Å². The molecule has 8 heteroatoms. The minimum atomic E-state index is -0.762. The lowest BCUT2D eigenvalue weighted by Crippen LogP contribution is -2.49. The fraction of sp³-hybridized carbons (Fsp3) is 0.276. The quantitative estimate of drug-likeness (QED) is 0.323. The molecule has 0 bridgehead atoms. The third-order valence-electron chi connectivity index (χ3n) is 6.93. The third kappa shape index (κ3) is 5.07. The van der Waals surface area contributed by atoms with Crippen molar-refractivity contribution in [3.8, 4) is 17.3 Å². The number of benzene rings is 2. The molecule has 0 aliphatic carbocycles. The Morgan fingerprint density at radius 3 is 2.49 bits per heavy atom. The number of cyclic esters (lactones) is 1. The van der Waals surface area contributed by atoms with Gasteiger partial charge in [-0.2, -0.15) is 5.26 Å². The number of carbonyl (C=O) groups excluding carboxylic acids is 1. The van der Waals surface area contributed by atoms with Crippen LogP contribution in [0.25, 0.3) is 11.3 Å². The fourth-order valence-electron chi connectivity index (χ4n) is 4.78. The zero-order chi connectivity index (χ0) is 25.8. The maximum atomic E-state index is 13.4. The maximum Gasteiger partial charge on any atom is 0.411 e. The van der Waals surface area contributed by atoms with Gasteiger partial charge in [0.1, 0.15) is 11.7 Å². The predicted octanol–water partition coefficient (Wildman–Crippen LogP) is 5.74. The molecule has 0 spiro atoms. The molecule has 1 unspecified atom stereocenters. The number of pyridine rings is 1. The van der Waals surface area contributed by atoms with Crippen LogP contribution in [0.5, 0.6) is 0 Å². The van der Waals surface area contributed by atoms with E-state index in [2.05, 4.69) is 21.3 Å². The number of ether oxygens (including phenoxy) is 1. The first-order valence-electron chi connectivity index (χ1n) is 12.3. The van der Waals surface area contributed by atoms with E-state index in [-0.39, 0.29) is 12.1 Å². The zero-order valence-corrected chi connectivity index (χ0v) is 20.8. The summed E-state index contributed by atoms with van der Waals surface area (Å²) in [6, 6.07) is 23.3. The van der Waals surface area contributed by atoms with Gasteiger partial charge in [-0.05, 0) is 30.2 Å². The van der Waals surface area contributed by atoms with Crippen molar-refractivity contribution in [3.63, 3.8) is 0 Å². The van der Waals surface area contributed by atoms with Gasteiger partial charge in [0.2, 0.25) is 11.8 Å². The molecule has 1 amide bonds. The van der Waals surface area contributed by atoms with Crippen LogP contribution >= 0.6 is 0 Å². The van der Waals surface area contributed by atoms with Crippen molar-refractivity contribution in [3.05, 3.63) is 101 Å². The molecule has 1 saturated heterocycles. The summed E-state index contributed by atoms with van der Waals surface area (Å²) < 4.78 is 11.8. The first kappa shape index (κ1) is 24.2. The van der Waals surface area contributed by atoms with Crippen LogP contribution in [0.3, 0.4) is 0 Å². The molecular formula is C29H27N5O3. The van der Waals surface area contributed by atoms with Crippen molar-refractivity contribution < 1.29 is 13.9 Å². The van der Waals surface area contributed by atoms with Crippen LogP contribution in [-0.4, -0.2) is 32.7 Å². The number of aryl methyl sites for hydroxylation is 2. The smallest absolute Gasteiger partial charge is 0.411 e. The van der Waals surface area contributed by atoms with E-state index in [0.717, 1.165) is 22.4 Å². The van der Waals surface area contributed by atoms with E-state index >= 15 is 0 Å². The number of amides is 1. The van der Waals surface area contributed by atoms with E-state index in [4.69, 9.17) is 14.4 Å². The number of nitrogens with zero attached hydrogens (tertiary/aromatic N) is 5. The van der Waals surface area contributed by atoms with E-state index in [1.807, 2.05) is 67.6 Å². The van der Waals surface area contributed by atoms with Crippen molar-refractivity contribution in [2.45, 2.75) is 44.8 Å². The number of nitriles is 1. The number of carbonyl (C=O) groups is 1. The average molecular weight is 494 g/mol. The average Bonchev–Trinajstić information content (AvgIpc) is 3.37. The molecule has 0 saturated carbocycles. The lowest BCUT2D eigenvalue weighted by atomic mass is 9.84. The Hall–Kier alpha value is -4.51. The molecule has 1 aliphatic rings. The summed E-state index contributed by atoms with van der Waals surface area (Å²) in [5, 5.41) is 17.0. The minimum absolute atomic E-state index is 0.164. The molecule has 1 fully saturated rings. The predicted molar refractivity (Wildman–Crippen MR) is 136 cm³/mol. The molecule has 2 aromatic carbocycles. The molecule has 186 valence electrons. The molecule has 2 aromatic heterocycles. The summed E-state index contributed by atoms with van der Waals surface area (Å²) >= 11 is 0. The largest absolute Gasteiger partial charge is 0.438 e. The van der Waals surface area contributed by atoms with E-state index in [1.54, 1.807) is 24.1 Å². The molecule has 4 aromatic rings. The minimum Gasteiger partial charge on any atom is -0.438 e. The van der Waals surface area contributed by atoms with Crippen LogP contribution in [0.2, 0.25) is 0 Å². The molecule has 8 nitrogen and oxygen atoms in total. The SMILES string of the molecule is Cc1nnc(CCC2(c3ccccc3)CCN([C@@H](C)c3ccc(-c4ccc(C#N)cn4)cc3)C(=O)O2)o1. The Labute approximate surface area is 215 Å². The van der Waals surface area contributed by atoms with E-state index in [1.165, 1.54) is 0 Å². The van der Waals surface area contributed by atoms with Crippen molar-refractivity contribution in [1.29, 1.82) is 5.26 Å². The van der Waals surface area contributed by atoms with Gasteiger partial charge in [0.25, 0.3) is 0 Å². The number of aromatic nitrogens is 3. The molecule has 3 heterocycles. The number of hydrogen-bond acceptors (Lipinski definition) is 7. The van der Waals surface area contributed by atoms with Gasteiger partial charge in [-0.3, -0.25) is 4.98 Å². The monoisotopic (exact) mass is 493 g/mol. The van der Waals surface area contributed by atoms with Crippen molar-refractivity contribution in [1.82, 2.24) is 20.1 Å². The second-order valence-electron chi connectivity index (χ2n) is 9.23. The molecule has 0 radical (unpaired) electrons. The van der Waals surface area contributed by atoms with Gasteiger partial charge >= 0.3 is 6.09 Å². The molecule has 2 atom stereocenters. The maximum absolute atomic E-state index is 13.4. The molecule has 37 heavy (non-hydrogen) atoms. The highest BCUT2D eigenvalue weighted by Gasteiger charge is 2.43. The van der Waals surface area contributed by atoms with Crippen LogP contribution in [0.4, 0.5) is 4.79 Å². The van der Waals surface area contributed by atoms with Gasteiger partial charge in [-0.25, -0.2) is 4.79 Å². The van der Waals surface area contributed by atoms with Crippen LogP contribution in [-0.2, 0) is 16.8 Å². The van der Waals surface area contributed by atoms with Crippen molar-refractivity contribution in [2.24, 2.45) is 0 Å². The third-order valence-corrected chi connectivity index (χ3v) is 6.93. The second kappa shape index (κ2) is 10.2. The standard InChI is InChI=1S/C29H27N5O3/c1-20(23-9-11-24(12-10-23)26-13-8-22(18-30)19-31-26)34-17-16-29(37-28(34)35,25-6-4-3-5-7-25)15-14-27-33-32-21(2)36-27/h3-13,19-20H,14-17H2,1-2H3/t20-,29?/m0/s1. The normalized spacial score (nSPS) is 18.2. The summed E-state index contributed by atoms with van der Waals surface area (Å²) in [6.07, 6.45) is 2.94. The highest BCUT2D eigenvalue weighted by Crippen LogP contribution is 2.40. The zero-order valence-electron chi connectivity index (χ0n) is 20.8. The first-order valence-corrected chi connectivity index (χ1v) is 12.3. The molecule has 5 rings (SSSR count). The number of rotatable bonds is 7. The van der Waals surface area contributed by atoms with E-state index < -0.39 is 5.60 Å². The van der Waals surface area contributed by atoms with Crippen LogP contribution in [0.1, 0.15) is 54.3 Å². The summed E-state index contributed by atoms with van der Waals surface area (Å²) in [4.78, 5) is 19.5. The summed E-state index contributed by atoms with van der Waals surface area (Å²) in [5.41, 5.74) is 3.47. The molecule has 0 N–H and O–H groups in total. The van der Waals surface area contributed by atoms with E-state index in [9.17, 15) is 4.79 Å². The van der Waals surface area contributed by atoms with E-state index in [0.29, 0.717) is 43.2 Å². The van der Waals surface area contributed by atoms with Gasteiger partial charge in [-0.15, -0.1) is 10.2 Å². The van der Waals surface area contributed by atoms with Gasteiger partial charge in [0.15, 0.2) is 0 Å². The Morgan fingerprint density at radius 1 is 1.08 bits per heavy atom. The highest BCUT2D eigenvalue weighted by atomic mass is 16.6. The topological polar surface area (TPSA) is 105 Å². The van der Waals surface area contributed by atoms with Crippen LogP contribution in [0.15, 0.2) is 77.3 Å². The Morgan fingerprint density at radius 2 is 1.86 bits per heavy atom. The summed E-state index contributed by atoms with van der Waals surface area (Å²) in [5.74, 6) is 1.06. The highest BCUT2D eigenvalue weighted by molar-refractivity contribution is 5.70. The lowest BCUT2D eigenvalue weighted by Gasteiger charge is -2.43. The Kier molecular flexibility index (Phi) is 6.69. The first-order chi connectivity index (χ1) is 18.0. The van der Waals surface area contributed by atoms with Crippen LogP contribution in [0, 0.1) is 18.3 Å².